The maximum Gasteiger partial charge on any atom is 0.159 e. The number of hydrogen-bond acceptors (Lipinski definition) is 2. The summed E-state index contributed by atoms with van der Waals surface area (Å²) in [5.41, 5.74) is 6.64. The van der Waals surface area contributed by atoms with Gasteiger partial charge in [0.2, 0.25) is 0 Å². The molecule has 2 unspecified atom stereocenters. The summed E-state index contributed by atoms with van der Waals surface area (Å²) in [5, 5.41) is 5.74. The van der Waals surface area contributed by atoms with Crippen molar-refractivity contribution < 1.29 is 9.18 Å². The van der Waals surface area contributed by atoms with Crippen LogP contribution in [0.3, 0.4) is 0 Å². The fourth-order valence-corrected chi connectivity index (χ4v) is 6.43. The first-order valence-electron chi connectivity index (χ1n) is 12.6. The fourth-order valence-electron chi connectivity index (χ4n) is 6.43. The number of carbonyl (C=O) groups is 1. The minimum absolute atomic E-state index is 0.0491. The molecule has 35 heavy (non-hydrogen) atoms. The minimum atomic E-state index is -0.249. The number of allylic oxidation sites excluding steroid dienone is 1. The van der Waals surface area contributed by atoms with Crippen LogP contribution in [0.5, 0.6) is 0 Å². The van der Waals surface area contributed by atoms with Gasteiger partial charge < -0.3 is 0 Å². The third kappa shape index (κ3) is 3.72. The Hall–Kier alpha value is -3.53. The van der Waals surface area contributed by atoms with E-state index in [0.717, 1.165) is 59.8 Å². The van der Waals surface area contributed by atoms with Crippen molar-refractivity contribution in [3.8, 4) is 5.69 Å². The topological polar surface area (TPSA) is 34.9 Å². The molecule has 1 saturated carbocycles. The van der Waals surface area contributed by atoms with Gasteiger partial charge in [-0.25, -0.2) is 9.07 Å². The lowest BCUT2D eigenvalue weighted by Crippen LogP contribution is -2.41. The minimum Gasteiger partial charge on any atom is -0.295 e. The Morgan fingerprint density at radius 1 is 1.11 bits per heavy atom. The van der Waals surface area contributed by atoms with Gasteiger partial charge in [0.1, 0.15) is 5.82 Å². The van der Waals surface area contributed by atoms with Crippen LogP contribution in [-0.2, 0) is 16.6 Å². The number of halogens is 1. The molecule has 1 heterocycles. The molecule has 3 nitrogen and oxygen atoms in total. The van der Waals surface area contributed by atoms with Gasteiger partial charge in [0, 0.05) is 17.2 Å². The van der Waals surface area contributed by atoms with Gasteiger partial charge in [-0.15, -0.1) is 0 Å². The Kier molecular flexibility index (Phi) is 5.40. The monoisotopic (exact) mass is 464 g/mol. The van der Waals surface area contributed by atoms with E-state index in [1.54, 1.807) is 12.1 Å². The number of Topliss-reactive ketones (excluding diaryl/α,β-unsaturated/α-hetero) is 1. The highest BCUT2D eigenvalue weighted by Gasteiger charge is 2.47. The van der Waals surface area contributed by atoms with Gasteiger partial charge in [-0.3, -0.25) is 4.79 Å². The second-order valence-corrected chi connectivity index (χ2v) is 10.1. The maximum absolute atomic E-state index is 13.5. The van der Waals surface area contributed by atoms with Crippen molar-refractivity contribution in [3.05, 3.63) is 101 Å². The Bertz CT molecular complexity index is 1430. The van der Waals surface area contributed by atoms with E-state index in [4.69, 9.17) is 0 Å². The summed E-state index contributed by atoms with van der Waals surface area (Å²) in [6.07, 6.45) is 9.59. The summed E-state index contributed by atoms with van der Waals surface area (Å²) >= 11 is 0. The highest BCUT2D eigenvalue weighted by molar-refractivity contribution is 6.01. The number of aryl methyl sites for hydroxylation is 1. The van der Waals surface area contributed by atoms with Gasteiger partial charge in [0.05, 0.1) is 17.4 Å². The van der Waals surface area contributed by atoms with Crippen LogP contribution in [0.25, 0.3) is 22.7 Å². The highest BCUT2D eigenvalue weighted by Crippen LogP contribution is 2.52. The largest absolute Gasteiger partial charge is 0.295 e. The quantitative estimate of drug-likeness (QED) is 0.300. The standard InChI is InChI=1S/C31H29FN2O/c1-2-31-19-23(15-21-7-4-3-5-8-21)30(35)18-25(31)10-6-9-22-17-29-24(16-28(22)31)20-33-34(29)27-13-11-26(32)12-14-27/h3-5,7-8,11-17,20,25H,2,6,9-10,18-19H2,1H3. The Labute approximate surface area is 205 Å². The second kappa shape index (κ2) is 8.60. The molecule has 0 N–H and O–H groups in total. The number of fused-ring (bicyclic) bond motifs is 4. The van der Waals surface area contributed by atoms with Crippen LogP contribution in [0.15, 0.2) is 78.5 Å². The van der Waals surface area contributed by atoms with Crippen LogP contribution in [0.4, 0.5) is 4.39 Å². The lowest BCUT2D eigenvalue weighted by Gasteiger charge is -2.44. The normalized spacial score (nSPS) is 23.2. The number of carbonyl (C=O) groups excluding carboxylic acids is 1. The summed E-state index contributed by atoms with van der Waals surface area (Å²) in [4.78, 5) is 13.2. The molecule has 3 aromatic carbocycles. The summed E-state index contributed by atoms with van der Waals surface area (Å²) in [7, 11) is 0. The average molecular weight is 465 g/mol. The first-order chi connectivity index (χ1) is 17.1. The Balaban J connectivity index is 1.48. The van der Waals surface area contributed by atoms with Crippen molar-refractivity contribution in [3.63, 3.8) is 0 Å². The zero-order valence-electron chi connectivity index (χ0n) is 20.0. The van der Waals surface area contributed by atoms with Crippen molar-refractivity contribution in [2.75, 3.05) is 0 Å². The molecule has 0 radical (unpaired) electrons. The summed E-state index contributed by atoms with van der Waals surface area (Å²) in [6, 6.07) is 21.3. The second-order valence-electron chi connectivity index (χ2n) is 10.1. The Morgan fingerprint density at radius 2 is 1.91 bits per heavy atom. The van der Waals surface area contributed by atoms with Gasteiger partial charge in [-0.1, -0.05) is 37.3 Å². The predicted molar refractivity (Wildman–Crippen MR) is 138 cm³/mol. The summed E-state index contributed by atoms with van der Waals surface area (Å²) in [6.45, 7) is 2.28. The SMILES string of the molecule is CCC12CC(=Cc3ccccc3)C(=O)CC1CCCc1cc3c(cnn3-c3ccc(F)cc3)cc12. The molecule has 0 spiro atoms. The first kappa shape index (κ1) is 22.0. The van der Waals surface area contributed by atoms with Crippen molar-refractivity contribution in [2.45, 2.75) is 50.9 Å². The van der Waals surface area contributed by atoms with Crippen LogP contribution in [0.1, 0.15) is 55.7 Å². The number of aromatic nitrogens is 2. The average Bonchev–Trinajstić information content (AvgIpc) is 3.22. The molecule has 6 rings (SSSR count). The molecule has 0 aliphatic heterocycles. The first-order valence-corrected chi connectivity index (χ1v) is 12.6. The van der Waals surface area contributed by atoms with Crippen LogP contribution < -0.4 is 0 Å². The van der Waals surface area contributed by atoms with Gasteiger partial charge in [0.25, 0.3) is 0 Å². The van der Waals surface area contributed by atoms with E-state index in [1.807, 2.05) is 29.1 Å². The van der Waals surface area contributed by atoms with Crippen molar-refractivity contribution in [2.24, 2.45) is 5.92 Å². The van der Waals surface area contributed by atoms with E-state index in [1.165, 1.54) is 23.3 Å². The molecular formula is C31H29FN2O. The molecule has 176 valence electrons. The van der Waals surface area contributed by atoms with Crippen molar-refractivity contribution in [1.29, 1.82) is 0 Å². The smallest absolute Gasteiger partial charge is 0.159 e. The third-order valence-corrected chi connectivity index (χ3v) is 8.25. The molecule has 2 atom stereocenters. The van der Waals surface area contributed by atoms with Gasteiger partial charge in [-0.2, -0.15) is 5.10 Å². The molecule has 2 aliphatic rings. The molecule has 4 aromatic rings. The molecule has 4 heteroatoms. The molecular weight excluding hydrogens is 435 g/mol. The van der Waals surface area contributed by atoms with Crippen molar-refractivity contribution >= 4 is 22.8 Å². The van der Waals surface area contributed by atoms with Crippen LogP contribution in [-0.4, -0.2) is 15.6 Å². The fraction of sp³-hybridized carbons (Fsp3) is 0.290. The number of ketones is 1. The zero-order valence-corrected chi connectivity index (χ0v) is 20.0. The van der Waals surface area contributed by atoms with Crippen LogP contribution >= 0.6 is 0 Å². The highest BCUT2D eigenvalue weighted by atomic mass is 19.1. The number of rotatable bonds is 3. The molecule has 1 aromatic heterocycles. The third-order valence-electron chi connectivity index (χ3n) is 8.25. The van der Waals surface area contributed by atoms with Gasteiger partial charge >= 0.3 is 0 Å². The van der Waals surface area contributed by atoms with Crippen LogP contribution in [0, 0.1) is 11.7 Å². The van der Waals surface area contributed by atoms with Gasteiger partial charge in [0.15, 0.2) is 5.78 Å². The van der Waals surface area contributed by atoms with E-state index < -0.39 is 0 Å². The zero-order chi connectivity index (χ0) is 24.0. The van der Waals surface area contributed by atoms with Crippen LogP contribution in [0.2, 0.25) is 0 Å². The number of benzene rings is 3. The number of nitrogens with zero attached hydrogens (tertiary/aromatic N) is 2. The van der Waals surface area contributed by atoms with Gasteiger partial charge in [-0.05, 0) is 103 Å². The van der Waals surface area contributed by atoms with E-state index in [9.17, 15) is 9.18 Å². The maximum atomic E-state index is 13.5. The molecule has 0 saturated heterocycles. The molecule has 2 aliphatic carbocycles. The summed E-state index contributed by atoms with van der Waals surface area (Å²) in [5.74, 6) is 0.413. The van der Waals surface area contributed by atoms with E-state index in [2.05, 4.69) is 42.4 Å². The van der Waals surface area contributed by atoms with E-state index >= 15 is 0 Å². The predicted octanol–water partition coefficient (Wildman–Crippen LogP) is 7.21. The van der Waals surface area contributed by atoms with Crippen molar-refractivity contribution in [1.82, 2.24) is 9.78 Å². The van der Waals surface area contributed by atoms with E-state index in [-0.39, 0.29) is 11.2 Å². The van der Waals surface area contributed by atoms with E-state index in [0.29, 0.717) is 18.1 Å². The lowest BCUT2D eigenvalue weighted by atomic mass is 9.58. The molecule has 0 amide bonds. The molecule has 0 bridgehead atoms. The Morgan fingerprint density at radius 3 is 2.69 bits per heavy atom. The lowest BCUT2D eigenvalue weighted by molar-refractivity contribution is -0.118. The molecule has 1 fully saturated rings. The summed E-state index contributed by atoms with van der Waals surface area (Å²) < 4.78 is 15.4. The number of hydrogen-bond donors (Lipinski definition) is 0.